The van der Waals surface area contributed by atoms with Crippen LogP contribution >= 0.6 is 0 Å². The van der Waals surface area contributed by atoms with E-state index in [2.05, 4.69) is 40.2 Å². The van der Waals surface area contributed by atoms with Crippen LogP contribution in [-0.4, -0.2) is 23.1 Å². The Labute approximate surface area is 119 Å². The van der Waals surface area contributed by atoms with Crippen molar-refractivity contribution in [2.45, 2.75) is 20.3 Å². The van der Waals surface area contributed by atoms with Crippen LogP contribution in [0.25, 0.3) is 10.9 Å². The van der Waals surface area contributed by atoms with Crippen LogP contribution in [0.15, 0.2) is 24.3 Å². The smallest absolute Gasteiger partial charge is 0.239 e. The average molecular weight is 271 g/mol. The number of nitrogens with two attached hydrogens (primary N) is 1. The molecule has 1 aliphatic rings. The molecule has 0 saturated carbocycles. The van der Waals surface area contributed by atoms with Gasteiger partial charge in [0.1, 0.15) is 5.82 Å². The molecule has 3 N–H and O–H groups in total. The zero-order chi connectivity index (χ0) is 14.1. The van der Waals surface area contributed by atoms with Gasteiger partial charge in [0.2, 0.25) is 5.95 Å². The zero-order valence-electron chi connectivity index (χ0n) is 12.0. The molecular weight excluding hydrogens is 250 g/mol. The lowest BCUT2D eigenvalue weighted by atomic mass is 9.95. The highest BCUT2D eigenvalue weighted by Gasteiger charge is 2.27. The number of hydrogen-bond acceptors (Lipinski definition) is 5. The Morgan fingerprint density at radius 2 is 2.10 bits per heavy atom. The highest BCUT2D eigenvalue weighted by atomic mass is 15.3. The predicted molar refractivity (Wildman–Crippen MR) is 82.5 cm³/mol. The molecule has 106 valence electrons. The number of nitrogens with one attached hydrogen (secondary N) is 1. The Bertz CT molecular complexity index is 610. The number of fused-ring (bicyclic) bond motifs is 1. The number of hydrazine groups is 1. The maximum Gasteiger partial charge on any atom is 0.239 e. The lowest BCUT2D eigenvalue weighted by Gasteiger charge is -2.21. The minimum atomic E-state index is 0.478. The highest BCUT2D eigenvalue weighted by Crippen LogP contribution is 2.31. The number of hydrogen-bond donors (Lipinski definition) is 2. The summed E-state index contributed by atoms with van der Waals surface area (Å²) in [6.07, 6.45) is 1.22. The van der Waals surface area contributed by atoms with E-state index >= 15 is 0 Å². The van der Waals surface area contributed by atoms with Crippen LogP contribution in [0.2, 0.25) is 0 Å². The molecule has 1 aromatic carbocycles. The van der Waals surface area contributed by atoms with Crippen LogP contribution in [0, 0.1) is 11.8 Å². The van der Waals surface area contributed by atoms with Crippen LogP contribution in [0.5, 0.6) is 0 Å². The summed E-state index contributed by atoms with van der Waals surface area (Å²) >= 11 is 0. The van der Waals surface area contributed by atoms with Gasteiger partial charge in [-0.15, -0.1) is 0 Å². The van der Waals surface area contributed by atoms with Gasteiger partial charge in [0.15, 0.2) is 0 Å². The summed E-state index contributed by atoms with van der Waals surface area (Å²) in [5.74, 6) is 8.40. The van der Waals surface area contributed by atoms with E-state index in [9.17, 15) is 0 Å². The molecule has 1 aromatic heterocycles. The van der Waals surface area contributed by atoms with E-state index in [0.717, 1.165) is 35.7 Å². The van der Waals surface area contributed by atoms with Gasteiger partial charge in [0.25, 0.3) is 0 Å². The molecular formula is C15H21N5. The van der Waals surface area contributed by atoms with E-state index in [-0.39, 0.29) is 0 Å². The monoisotopic (exact) mass is 271 g/mol. The summed E-state index contributed by atoms with van der Waals surface area (Å²) < 4.78 is 0. The molecule has 2 aromatic rings. The predicted octanol–water partition coefficient (Wildman–Crippen LogP) is 2.40. The van der Waals surface area contributed by atoms with Crippen molar-refractivity contribution in [3.63, 3.8) is 0 Å². The second-order valence-electron chi connectivity index (χ2n) is 5.77. The minimum Gasteiger partial charge on any atom is -0.356 e. The van der Waals surface area contributed by atoms with Crippen molar-refractivity contribution in [3.05, 3.63) is 24.3 Å². The van der Waals surface area contributed by atoms with Gasteiger partial charge >= 0.3 is 0 Å². The Morgan fingerprint density at radius 1 is 1.30 bits per heavy atom. The summed E-state index contributed by atoms with van der Waals surface area (Å²) in [4.78, 5) is 11.3. The second-order valence-corrected chi connectivity index (χ2v) is 5.77. The quantitative estimate of drug-likeness (QED) is 0.663. The molecule has 1 saturated heterocycles. The van der Waals surface area contributed by atoms with Gasteiger partial charge in [0, 0.05) is 18.5 Å². The number of benzene rings is 1. The molecule has 0 spiro atoms. The summed E-state index contributed by atoms with van der Waals surface area (Å²) in [5.41, 5.74) is 3.50. The molecule has 1 aliphatic heterocycles. The third-order valence-corrected chi connectivity index (χ3v) is 4.18. The third-order valence-electron chi connectivity index (χ3n) is 4.18. The number of anilines is 2. The number of aromatic nitrogens is 2. The first-order valence-corrected chi connectivity index (χ1v) is 7.17. The summed E-state index contributed by atoms with van der Waals surface area (Å²) in [5, 5.41) is 1.09. The number of para-hydroxylation sites is 1. The Morgan fingerprint density at radius 3 is 2.80 bits per heavy atom. The molecule has 0 aliphatic carbocycles. The lowest BCUT2D eigenvalue weighted by Crippen LogP contribution is -2.23. The Balaban J connectivity index is 2.02. The molecule has 0 bridgehead atoms. The molecule has 5 heteroatoms. The van der Waals surface area contributed by atoms with Gasteiger partial charge in [-0.1, -0.05) is 26.0 Å². The fraction of sp³-hybridized carbons (Fsp3) is 0.467. The number of nitrogen functional groups attached to an aromatic ring is 1. The third kappa shape index (κ3) is 2.29. The van der Waals surface area contributed by atoms with Crippen molar-refractivity contribution in [1.29, 1.82) is 0 Å². The molecule has 3 rings (SSSR count). The zero-order valence-corrected chi connectivity index (χ0v) is 12.0. The second kappa shape index (κ2) is 5.25. The summed E-state index contributed by atoms with van der Waals surface area (Å²) in [6.45, 7) is 6.69. The summed E-state index contributed by atoms with van der Waals surface area (Å²) in [7, 11) is 0. The van der Waals surface area contributed by atoms with Crippen molar-refractivity contribution in [1.82, 2.24) is 9.97 Å². The van der Waals surface area contributed by atoms with Crippen LogP contribution in [-0.2, 0) is 0 Å². The highest BCUT2D eigenvalue weighted by molar-refractivity contribution is 5.90. The topological polar surface area (TPSA) is 67.1 Å². The van der Waals surface area contributed by atoms with E-state index < -0.39 is 0 Å². The fourth-order valence-electron chi connectivity index (χ4n) is 2.89. The normalized spacial score (nSPS) is 19.0. The van der Waals surface area contributed by atoms with E-state index in [1.807, 2.05) is 18.2 Å². The van der Waals surface area contributed by atoms with E-state index in [0.29, 0.717) is 11.9 Å². The van der Waals surface area contributed by atoms with Crippen molar-refractivity contribution in [3.8, 4) is 0 Å². The van der Waals surface area contributed by atoms with Gasteiger partial charge in [-0.05, 0) is 30.4 Å². The van der Waals surface area contributed by atoms with Crippen LogP contribution in [0.1, 0.15) is 20.3 Å². The lowest BCUT2D eigenvalue weighted by molar-refractivity contribution is 0.422. The molecule has 0 radical (unpaired) electrons. The van der Waals surface area contributed by atoms with Gasteiger partial charge in [0.05, 0.1) is 5.52 Å². The van der Waals surface area contributed by atoms with E-state index in [1.165, 1.54) is 6.42 Å². The molecule has 5 nitrogen and oxygen atoms in total. The minimum absolute atomic E-state index is 0.478. The van der Waals surface area contributed by atoms with E-state index in [1.54, 1.807) is 0 Å². The maximum absolute atomic E-state index is 5.49. The Kier molecular flexibility index (Phi) is 3.44. The SMILES string of the molecule is CC(C)C1CCN(c2nc(NN)nc3ccccc23)C1. The van der Waals surface area contributed by atoms with Crippen LogP contribution < -0.4 is 16.2 Å². The molecule has 1 atom stereocenters. The maximum atomic E-state index is 5.49. The first-order valence-electron chi connectivity index (χ1n) is 7.17. The summed E-state index contributed by atoms with van der Waals surface area (Å²) in [6, 6.07) is 8.09. The average Bonchev–Trinajstić information content (AvgIpc) is 2.96. The van der Waals surface area contributed by atoms with Gasteiger partial charge < -0.3 is 4.90 Å². The van der Waals surface area contributed by atoms with Crippen LogP contribution in [0.3, 0.4) is 0 Å². The van der Waals surface area contributed by atoms with Gasteiger partial charge in [-0.25, -0.2) is 10.8 Å². The molecule has 1 fully saturated rings. The van der Waals surface area contributed by atoms with Crippen LogP contribution in [0.4, 0.5) is 11.8 Å². The first kappa shape index (κ1) is 13.1. The molecule has 1 unspecified atom stereocenters. The van der Waals surface area contributed by atoms with E-state index in [4.69, 9.17) is 5.84 Å². The number of rotatable bonds is 3. The molecule has 0 amide bonds. The molecule has 20 heavy (non-hydrogen) atoms. The van der Waals surface area contributed by atoms with Gasteiger partial charge in [-0.2, -0.15) is 4.98 Å². The van der Waals surface area contributed by atoms with Crippen molar-refractivity contribution in [2.75, 3.05) is 23.4 Å². The van der Waals surface area contributed by atoms with Crippen molar-refractivity contribution < 1.29 is 0 Å². The largest absolute Gasteiger partial charge is 0.356 e. The Hall–Kier alpha value is -1.88. The fourth-order valence-corrected chi connectivity index (χ4v) is 2.89. The first-order chi connectivity index (χ1) is 9.69. The van der Waals surface area contributed by atoms with Crippen molar-refractivity contribution in [2.24, 2.45) is 17.7 Å². The standard InChI is InChI=1S/C15H21N5/c1-10(2)11-7-8-20(9-11)14-12-5-3-4-6-13(12)17-15(18-14)19-16/h3-6,10-11H,7-9,16H2,1-2H3,(H,17,18,19). The molecule has 2 heterocycles. The van der Waals surface area contributed by atoms with Gasteiger partial charge in [-0.3, -0.25) is 5.43 Å². The van der Waals surface area contributed by atoms with Crippen molar-refractivity contribution >= 4 is 22.7 Å². The number of nitrogens with zero attached hydrogens (tertiary/aromatic N) is 3.